The van der Waals surface area contributed by atoms with Crippen molar-refractivity contribution in [1.29, 1.82) is 0 Å². The Bertz CT molecular complexity index is 2170. The molecular weight excluding hydrogens is 818 g/mol. The summed E-state index contributed by atoms with van der Waals surface area (Å²) in [7, 11) is 9.40. The monoisotopic (exact) mass is 840 g/mol. The van der Waals surface area contributed by atoms with Crippen LogP contribution in [0.2, 0.25) is 0 Å². The molecule has 0 amide bonds. The van der Waals surface area contributed by atoms with E-state index in [-0.39, 0.29) is 0 Å². The standard InChI is InChI=1S/C28H24N16S4.2ClH.Ni/c45-25-37-33-21-9-10-23-35-39-27(47)43(23)31-15-19-7-3-4-8-20(19)16-32-44-24(36-40-28(44)48)12-11-22-34-38-26(46)42(22)30-14-18-6-2-1-5-17(18)13-29-41(21)25;;;/h1-8,13-16H,9-12H2,(H,37,45)(H,38,46)(H,39,47)(H,40,48);2*1H;/q;;;+2/p-2/b29-13+,30-14+,31-15+,32-16+;;;. The molecule has 51 heavy (non-hydrogen) atoms. The molecule has 7 rings (SSSR count). The number of nitrogens with one attached hydrogen (secondary N) is 4. The summed E-state index contributed by atoms with van der Waals surface area (Å²) in [6, 6.07) is 15.3. The van der Waals surface area contributed by atoms with E-state index in [2.05, 4.69) is 61.2 Å². The average molecular weight is 842 g/mol. The van der Waals surface area contributed by atoms with Crippen LogP contribution >= 0.6 is 69.3 Å². The number of aromatic amines is 4. The second-order valence-electron chi connectivity index (χ2n) is 10.3. The van der Waals surface area contributed by atoms with Gasteiger partial charge < -0.3 is 0 Å². The number of halogens is 2. The molecule has 0 unspecified atom stereocenters. The van der Waals surface area contributed by atoms with Gasteiger partial charge in [-0.1, -0.05) is 48.5 Å². The van der Waals surface area contributed by atoms with Gasteiger partial charge in [0.1, 0.15) is 0 Å². The number of fused-ring (bicyclic) bond motifs is 6. The van der Waals surface area contributed by atoms with Crippen molar-refractivity contribution in [3.63, 3.8) is 0 Å². The SMILES string of the molecule is S=c1[nH]nc2n1/N=C/c1ccccc1/C=N/n1c(n[nH]c1=S)CCc1n[nH]c(=S)n1/N=C/c1ccccc1/C=N/n1c(n[nH]c1=S)CC2.[Cl][Ni][Cl]. The maximum absolute atomic E-state index is 5.49. The second-order valence-corrected chi connectivity index (χ2v) is 13.5. The fourth-order valence-electron chi connectivity index (χ4n) is 4.84. The van der Waals surface area contributed by atoms with Gasteiger partial charge in [-0.25, -0.2) is 0 Å². The Hall–Kier alpha value is -4.37. The van der Waals surface area contributed by atoms with E-state index in [1.165, 1.54) is 0 Å². The minimum atomic E-state index is 0.347. The van der Waals surface area contributed by atoms with Crippen LogP contribution in [0, 0.1) is 19.1 Å². The zero-order valence-electron chi connectivity index (χ0n) is 25.8. The molecule has 264 valence electrons. The molecule has 2 aromatic carbocycles. The normalized spacial score (nSPS) is 15.6. The van der Waals surface area contributed by atoms with E-state index in [0.29, 0.717) is 80.7 Å². The van der Waals surface area contributed by atoms with Crippen LogP contribution in [0.15, 0.2) is 68.9 Å². The molecule has 0 fully saturated rings. The van der Waals surface area contributed by atoms with Gasteiger partial charge >= 0.3 is 33.0 Å². The van der Waals surface area contributed by atoms with Crippen molar-refractivity contribution in [3.8, 4) is 0 Å². The van der Waals surface area contributed by atoms with Crippen molar-refractivity contribution in [2.24, 2.45) is 20.4 Å². The van der Waals surface area contributed by atoms with Crippen LogP contribution in [0.4, 0.5) is 0 Å². The number of benzene rings is 2. The maximum atomic E-state index is 5.49. The Morgan fingerprint density at radius 3 is 0.882 bits per heavy atom. The minimum absolute atomic E-state index is 0.347. The van der Waals surface area contributed by atoms with E-state index in [0.717, 1.165) is 22.3 Å². The van der Waals surface area contributed by atoms with E-state index in [1.807, 2.05) is 48.5 Å². The van der Waals surface area contributed by atoms with Gasteiger partial charge in [0.05, 0.1) is 24.9 Å². The number of rotatable bonds is 0. The molecule has 1 aliphatic rings. The van der Waals surface area contributed by atoms with Crippen molar-refractivity contribution < 1.29 is 12.7 Å². The zero-order chi connectivity index (χ0) is 35.7. The quantitative estimate of drug-likeness (QED) is 0.114. The number of aromatic nitrogens is 12. The molecule has 5 heterocycles. The fraction of sp³-hybridized carbons (Fsp3) is 0.143. The van der Waals surface area contributed by atoms with Crippen molar-refractivity contribution in [2.75, 3.05) is 0 Å². The Balaban J connectivity index is 0.00000144. The molecule has 0 atom stereocenters. The van der Waals surface area contributed by atoms with E-state index in [1.54, 1.807) is 43.6 Å². The Kier molecular flexibility index (Phi) is 12.3. The van der Waals surface area contributed by atoms with E-state index < -0.39 is 0 Å². The summed E-state index contributed by atoms with van der Waals surface area (Å²) in [4.78, 5) is 0. The topological polar surface area (TPSA) is 184 Å². The van der Waals surface area contributed by atoms with Crippen LogP contribution in [0.3, 0.4) is 0 Å². The van der Waals surface area contributed by atoms with Crippen LogP contribution in [0.5, 0.6) is 0 Å². The Labute approximate surface area is 323 Å². The van der Waals surface area contributed by atoms with Gasteiger partial charge in [-0.2, -0.15) is 59.5 Å². The van der Waals surface area contributed by atoms with Crippen LogP contribution in [-0.4, -0.2) is 84.4 Å². The number of hydrogen-bond donors (Lipinski definition) is 4. The van der Waals surface area contributed by atoms with Gasteiger partial charge in [0, 0.05) is 47.9 Å². The summed E-state index contributed by atoms with van der Waals surface area (Å²) < 4.78 is 7.69. The molecule has 23 heteroatoms. The molecular formula is C28H24Cl2N16NiS4. The van der Waals surface area contributed by atoms with Gasteiger partial charge in [0.15, 0.2) is 23.3 Å². The van der Waals surface area contributed by atoms with Crippen molar-refractivity contribution in [1.82, 2.24) is 59.5 Å². The van der Waals surface area contributed by atoms with Gasteiger partial charge in [0.2, 0.25) is 19.1 Å². The predicted octanol–water partition coefficient (Wildman–Crippen LogP) is 5.49. The molecule has 1 aliphatic heterocycles. The summed E-state index contributed by atoms with van der Waals surface area (Å²) in [6.07, 6.45) is 8.58. The first-order valence-electron chi connectivity index (χ1n) is 14.7. The molecule has 0 aliphatic carbocycles. The number of H-pyrrole nitrogens is 4. The van der Waals surface area contributed by atoms with E-state index in [4.69, 9.17) is 69.3 Å². The molecule has 0 spiro atoms. The third kappa shape index (κ3) is 8.75. The number of nitrogens with zero attached hydrogens (tertiary/aromatic N) is 12. The molecule has 0 bridgehead atoms. The summed E-state index contributed by atoms with van der Waals surface area (Å²) in [5.41, 5.74) is 3.19. The first-order chi connectivity index (χ1) is 24.9. The summed E-state index contributed by atoms with van der Waals surface area (Å²) in [6.45, 7) is 0. The second kappa shape index (κ2) is 17.2. The van der Waals surface area contributed by atoms with Crippen LogP contribution in [0.25, 0.3) is 0 Å². The van der Waals surface area contributed by atoms with Crippen LogP contribution < -0.4 is 0 Å². The van der Waals surface area contributed by atoms with E-state index in [9.17, 15) is 0 Å². The third-order valence-electron chi connectivity index (χ3n) is 7.26. The summed E-state index contributed by atoms with van der Waals surface area (Å²) >= 11 is 22.5. The number of aryl methyl sites for hydroxylation is 4. The molecule has 16 nitrogen and oxygen atoms in total. The van der Waals surface area contributed by atoms with Crippen LogP contribution in [-0.2, 0) is 38.3 Å². The fourth-order valence-corrected chi connectivity index (χ4v) is 5.63. The van der Waals surface area contributed by atoms with Crippen LogP contribution in [0.1, 0.15) is 45.6 Å². The van der Waals surface area contributed by atoms with Gasteiger partial charge in [-0.15, -0.1) is 0 Å². The molecule has 4 aromatic heterocycles. The first-order valence-corrected chi connectivity index (χ1v) is 19.0. The van der Waals surface area contributed by atoms with E-state index >= 15 is 0 Å². The van der Waals surface area contributed by atoms with Gasteiger partial charge in [0.25, 0.3) is 0 Å². The average Bonchev–Trinajstić information content (AvgIpc) is 3.88. The summed E-state index contributed by atoms with van der Waals surface area (Å²) in [5, 5.41) is 47.5. The summed E-state index contributed by atoms with van der Waals surface area (Å²) in [5.74, 6) is 2.42. The molecule has 4 N–H and O–H groups in total. The molecule has 0 saturated carbocycles. The molecule has 0 radical (unpaired) electrons. The zero-order valence-corrected chi connectivity index (χ0v) is 31.6. The first kappa shape index (κ1) is 36.4. The van der Waals surface area contributed by atoms with Crippen molar-refractivity contribution in [2.45, 2.75) is 25.7 Å². The predicted molar refractivity (Wildman–Crippen MR) is 201 cm³/mol. The molecule has 6 aromatic rings. The van der Waals surface area contributed by atoms with Crippen molar-refractivity contribution in [3.05, 3.63) is 113 Å². The molecule has 0 saturated heterocycles. The van der Waals surface area contributed by atoms with Gasteiger partial charge in [-0.05, 0) is 48.9 Å². The Morgan fingerprint density at radius 2 is 0.667 bits per heavy atom. The van der Waals surface area contributed by atoms with Crippen molar-refractivity contribution >= 4 is 94.1 Å². The third-order valence-corrected chi connectivity index (χ3v) is 8.31. The Morgan fingerprint density at radius 1 is 0.451 bits per heavy atom. The van der Waals surface area contributed by atoms with Gasteiger partial charge in [-0.3, -0.25) is 20.4 Å². The number of hydrogen-bond acceptors (Lipinski definition) is 12.